The molecule has 146 valence electrons. The molecule has 0 bridgehead atoms. The van der Waals surface area contributed by atoms with E-state index in [1.807, 2.05) is 21.2 Å². The lowest BCUT2D eigenvalue weighted by molar-refractivity contribution is 0.124. The van der Waals surface area contributed by atoms with Gasteiger partial charge in [-0.1, -0.05) is 0 Å². The minimum absolute atomic E-state index is 0.0422. The monoisotopic (exact) mass is 382 g/mol. The highest BCUT2D eigenvalue weighted by Gasteiger charge is 2.27. The molecule has 0 saturated carbocycles. The van der Waals surface area contributed by atoms with Crippen LogP contribution in [0.3, 0.4) is 0 Å². The lowest BCUT2D eigenvalue weighted by atomic mass is 10.0. The van der Waals surface area contributed by atoms with Crippen LogP contribution in [-0.2, 0) is 17.7 Å². The second-order valence-electron chi connectivity index (χ2n) is 6.78. The highest BCUT2D eigenvalue weighted by molar-refractivity contribution is 7.99. The van der Waals surface area contributed by atoms with E-state index < -0.39 is 0 Å². The zero-order chi connectivity index (χ0) is 18.2. The molecule has 2 fully saturated rings. The number of hydrogen-bond donors (Lipinski definition) is 1. The lowest BCUT2D eigenvalue weighted by Crippen LogP contribution is -2.51. The van der Waals surface area contributed by atoms with Crippen LogP contribution in [0.4, 0.5) is 4.79 Å². The van der Waals surface area contributed by atoms with Gasteiger partial charge in [-0.05, 0) is 12.8 Å². The van der Waals surface area contributed by atoms with Gasteiger partial charge in [0.2, 0.25) is 0 Å². The minimum Gasteiger partial charge on any atom is -0.383 e. The molecule has 3 heterocycles. The Bertz CT molecular complexity index is 555. The van der Waals surface area contributed by atoms with E-state index in [1.165, 1.54) is 24.6 Å². The zero-order valence-electron chi connectivity index (χ0n) is 15.6. The van der Waals surface area contributed by atoms with Crippen LogP contribution >= 0.6 is 11.8 Å². The molecule has 2 aliphatic heterocycles. The second-order valence-corrected chi connectivity index (χ2v) is 8.01. The van der Waals surface area contributed by atoms with Crippen LogP contribution in [0, 0.1) is 0 Å². The predicted octanol–water partition coefficient (Wildman–Crippen LogP) is 0.690. The molecule has 8 nitrogen and oxygen atoms in total. The third kappa shape index (κ3) is 5.34. The maximum atomic E-state index is 12.4. The number of nitrogens with zero attached hydrogens (tertiary/aromatic N) is 5. The quantitative estimate of drug-likeness (QED) is 0.748. The number of piperidine rings is 1. The van der Waals surface area contributed by atoms with Gasteiger partial charge in [0, 0.05) is 70.3 Å². The first-order valence-electron chi connectivity index (χ1n) is 9.48. The van der Waals surface area contributed by atoms with E-state index in [-0.39, 0.29) is 6.03 Å². The molecule has 1 aromatic heterocycles. The van der Waals surface area contributed by atoms with Crippen molar-refractivity contribution >= 4 is 17.8 Å². The highest BCUT2D eigenvalue weighted by Crippen LogP contribution is 2.20. The molecule has 0 aromatic carbocycles. The van der Waals surface area contributed by atoms with E-state index in [4.69, 9.17) is 4.74 Å². The average molecular weight is 383 g/mol. The first-order valence-corrected chi connectivity index (χ1v) is 10.6. The number of carbonyl (C=O) groups is 1. The van der Waals surface area contributed by atoms with Crippen LogP contribution in [0.2, 0.25) is 0 Å². The smallest absolute Gasteiger partial charge is 0.317 e. The maximum absolute atomic E-state index is 12.4. The normalized spacial score (nSPS) is 19.7. The summed E-state index contributed by atoms with van der Waals surface area (Å²) in [5.74, 6) is 3.37. The van der Waals surface area contributed by atoms with Gasteiger partial charge in [-0.2, -0.15) is 11.8 Å². The molecule has 2 aliphatic rings. The average Bonchev–Trinajstić information content (AvgIpc) is 3.14. The number of aromatic nitrogens is 3. The SMILES string of the molecule is COCCn1cnnc1CCNC(=O)N1CCC(N2CCSCC2)CC1. The molecule has 2 amide bonds. The number of amides is 2. The topological polar surface area (TPSA) is 75.5 Å². The second kappa shape index (κ2) is 10.1. The summed E-state index contributed by atoms with van der Waals surface area (Å²) in [6.07, 6.45) is 4.56. The lowest BCUT2D eigenvalue weighted by Gasteiger charge is -2.40. The van der Waals surface area contributed by atoms with Gasteiger partial charge < -0.3 is 19.5 Å². The predicted molar refractivity (Wildman–Crippen MR) is 102 cm³/mol. The van der Waals surface area contributed by atoms with Gasteiger partial charge in [0.15, 0.2) is 0 Å². The van der Waals surface area contributed by atoms with Crippen LogP contribution in [0.5, 0.6) is 0 Å². The van der Waals surface area contributed by atoms with Crippen molar-refractivity contribution in [2.75, 3.05) is 57.9 Å². The molecule has 9 heteroatoms. The van der Waals surface area contributed by atoms with Crippen molar-refractivity contribution in [2.24, 2.45) is 0 Å². The number of thioether (sulfide) groups is 1. The van der Waals surface area contributed by atoms with Gasteiger partial charge >= 0.3 is 6.03 Å². The molecule has 1 N–H and O–H groups in total. The van der Waals surface area contributed by atoms with E-state index in [0.29, 0.717) is 25.6 Å². The Balaban J connectivity index is 1.36. The molecule has 0 spiro atoms. The number of ether oxygens (including phenoxy) is 1. The number of methoxy groups -OCH3 is 1. The van der Waals surface area contributed by atoms with Crippen molar-refractivity contribution in [2.45, 2.75) is 31.8 Å². The fourth-order valence-corrected chi connectivity index (χ4v) is 4.55. The van der Waals surface area contributed by atoms with Crippen molar-refractivity contribution in [1.82, 2.24) is 29.9 Å². The Kier molecular flexibility index (Phi) is 7.57. The first-order chi connectivity index (χ1) is 12.8. The Hall–Kier alpha value is -1.32. The third-order valence-electron chi connectivity index (χ3n) is 5.17. The molecule has 2 saturated heterocycles. The summed E-state index contributed by atoms with van der Waals surface area (Å²) in [7, 11) is 1.68. The Morgan fingerprint density at radius 1 is 1.31 bits per heavy atom. The summed E-state index contributed by atoms with van der Waals surface area (Å²) in [5.41, 5.74) is 0. The van der Waals surface area contributed by atoms with Crippen LogP contribution in [-0.4, -0.2) is 94.6 Å². The van der Waals surface area contributed by atoms with Gasteiger partial charge in [-0.3, -0.25) is 4.90 Å². The van der Waals surface area contributed by atoms with Crippen molar-refractivity contribution in [3.8, 4) is 0 Å². The van der Waals surface area contributed by atoms with Crippen LogP contribution in [0.1, 0.15) is 18.7 Å². The number of carbonyl (C=O) groups excluding carboxylic acids is 1. The zero-order valence-corrected chi connectivity index (χ0v) is 16.4. The van der Waals surface area contributed by atoms with E-state index in [9.17, 15) is 4.79 Å². The number of rotatable bonds is 7. The molecule has 0 unspecified atom stereocenters. The molecule has 1 aromatic rings. The Labute approximate surface area is 159 Å². The van der Waals surface area contributed by atoms with Crippen molar-refractivity contribution in [1.29, 1.82) is 0 Å². The van der Waals surface area contributed by atoms with Gasteiger partial charge in [0.25, 0.3) is 0 Å². The summed E-state index contributed by atoms with van der Waals surface area (Å²) in [6.45, 7) is 6.04. The van der Waals surface area contributed by atoms with E-state index in [2.05, 4.69) is 20.4 Å². The summed E-state index contributed by atoms with van der Waals surface area (Å²) in [6, 6.07) is 0.694. The summed E-state index contributed by atoms with van der Waals surface area (Å²) < 4.78 is 7.06. The maximum Gasteiger partial charge on any atom is 0.317 e. The summed E-state index contributed by atoms with van der Waals surface area (Å²) in [5, 5.41) is 11.1. The molecule has 0 aliphatic carbocycles. The molecule has 3 rings (SSSR count). The largest absolute Gasteiger partial charge is 0.383 e. The molecular weight excluding hydrogens is 352 g/mol. The van der Waals surface area contributed by atoms with Crippen LogP contribution in [0.25, 0.3) is 0 Å². The fourth-order valence-electron chi connectivity index (χ4n) is 3.62. The van der Waals surface area contributed by atoms with Crippen molar-refractivity contribution in [3.05, 3.63) is 12.2 Å². The number of likely N-dealkylation sites (tertiary alicyclic amines) is 1. The standard InChI is InChI=1S/C17H30N6O2S/c1-25-11-8-23-14-19-20-16(23)2-5-18-17(24)22-6-3-15(4-7-22)21-9-12-26-13-10-21/h14-15H,2-13H2,1H3,(H,18,24). The van der Waals surface area contributed by atoms with E-state index in [1.54, 1.807) is 13.4 Å². The van der Waals surface area contributed by atoms with Crippen LogP contribution in [0.15, 0.2) is 6.33 Å². The van der Waals surface area contributed by atoms with Crippen molar-refractivity contribution in [3.63, 3.8) is 0 Å². The minimum atomic E-state index is 0.0422. The molecule has 26 heavy (non-hydrogen) atoms. The number of urea groups is 1. The first kappa shape index (κ1) is 19.4. The van der Waals surface area contributed by atoms with E-state index in [0.717, 1.165) is 38.3 Å². The van der Waals surface area contributed by atoms with Gasteiger partial charge in [-0.15, -0.1) is 10.2 Å². The Morgan fingerprint density at radius 2 is 2.08 bits per heavy atom. The molecular formula is C17H30N6O2S. The molecule has 0 radical (unpaired) electrons. The molecule has 0 atom stereocenters. The number of hydrogen-bond acceptors (Lipinski definition) is 6. The highest BCUT2D eigenvalue weighted by atomic mass is 32.2. The summed E-state index contributed by atoms with van der Waals surface area (Å²) >= 11 is 2.05. The van der Waals surface area contributed by atoms with Gasteiger partial charge in [-0.25, -0.2) is 4.79 Å². The third-order valence-corrected chi connectivity index (χ3v) is 6.11. The fraction of sp³-hybridized carbons (Fsp3) is 0.824. The summed E-state index contributed by atoms with van der Waals surface area (Å²) in [4.78, 5) is 17.0. The van der Waals surface area contributed by atoms with Crippen molar-refractivity contribution < 1.29 is 9.53 Å². The number of nitrogens with one attached hydrogen (secondary N) is 1. The van der Waals surface area contributed by atoms with Crippen LogP contribution < -0.4 is 5.32 Å². The van der Waals surface area contributed by atoms with Gasteiger partial charge in [0.1, 0.15) is 12.2 Å². The van der Waals surface area contributed by atoms with Gasteiger partial charge in [0.05, 0.1) is 6.61 Å². The Morgan fingerprint density at radius 3 is 2.81 bits per heavy atom. The van der Waals surface area contributed by atoms with E-state index >= 15 is 0 Å².